The molecule has 2 rings (SSSR count). The summed E-state index contributed by atoms with van der Waals surface area (Å²) in [4.78, 5) is 17.9. The Labute approximate surface area is 107 Å². The van der Waals surface area contributed by atoms with E-state index in [-0.39, 0.29) is 11.4 Å². The number of aromatic nitrogens is 3. The van der Waals surface area contributed by atoms with Gasteiger partial charge in [0.25, 0.3) is 0 Å². The lowest BCUT2D eigenvalue weighted by Gasteiger charge is -2.16. The van der Waals surface area contributed by atoms with Crippen molar-refractivity contribution in [2.75, 3.05) is 7.05 Å². The van der Waals surface area contributed by atoms with Gasteiger partial charge in [0, 0.05) is 18.5 Å². The summed E-state index contributed by atoms with van der Waals surface area (Å²) in [5.74, 6) is 1.46. The van der Waals surface area contributed by atoms with Gasteiger partial charge in [0.15, 0.2) is 5.82 Å². The van der Waals surface area contributed by atoms with Gasteiger partial charge in [-0.1, -0.05) is 20.8 Å². The SMILES string of the molecule is CN(C(=O)NCc1nc(C(C)(C)C)n[nH]1)C1CC1. The fourth-order valence-electron chi connectivity index (χ4n) is 1.62. The molecule has 1 heterocycles. The molecular weight excluding hydrogens is 230 g/mol. The molecule has 2 amide bonds. The number of nitrogens with one attached hydrogen (secondary N) is 2. The molecule has 0 aliphatic heterocycles. The average molecular weight is 251 g/mol. The number of rotatable bonds is 3. The Hall–Kier alpha value is -1.59. The molecule has 6 nitrogen and oxygen atoms in total. The number of urea groups is 1. The van der Waals surface area contributed by atoms with Gasteiger partial charge >= 0.3 is 6.03 Å². The second-order valence-electron chi connectivity index (χ2n) is 5.86. The van der Waals surface area contributed by atoms with E-state index in [1.165, 1.54) is 0 Å². The molecule has 0 saturated heterocycles. The van der Waals surface area contributed by atoms with Gasteiger partial charge in [-0.2, -0.15) is 5.10 Å². The van der Waals surface area contributed by atoms with Gasteiger partial charge in [0.05, 0.1) is 6.54 Å². The van der Waals surface area contributed by atoms with Crippen molar-refractivity contribution in [1.82, 2.24) is 25.4 Å². The molecule has 1 aliphatic carbocycles. The van der Waals surface area contributed by atoms with Gasteiger partial charge in [-0.15, -0.1) is 0 Å². The number of carbonyl (C=O) groups excluding carboxylic acids is 1. The van der Waals surface area contributed by atoms with Crippen LogP contribution < -0.4 is 5.32 Å². The Morgan fingerprint density at radius 2 is 2.17 bits per heavy atom. The third-order valence-electron chi connectivity index (χ3n) is 3.02. The molecule has 0 bridgehead atoms. The quantitative estimate of drug-likeness (QED) is 0.853. The lowest BCUT2D eigenvalue weighted by atomic mass is 9.96. The molecule has 1 fully saturated rings. The maximum atomic E-state index is 11.8. The highest BCUT2D eigenvalue weighted by atomic mass is 16.2. The van der Waals surface area contributed by atoms with E-state index in [2.05, 4.69) is 41.3 Å². The van der Waals surface area contributed by atoms with E-state index in [1.54, 1.807) is 4.90 Å². The van der Waals surface area contributed by atoms with Crippen LogP contribution in [0.1, 0.15) is 45.3 Å². The Morgan fingerprint density at radius 1 is 1.50 bits per heavy atom. The number of carbonyl (C=O) groups is 1. The first-order valence-corrected chi connectivity index (χ1v) is 6.30. The predicted molar refractivity (Wildman–Crippen MR) is 68.1 cm³/mol. The Bertz CT molecular complexity index is 430. The number of aromatic amines is 1. The zero-order valence-electron chi connectivity index (χ0n) is 11.4. The molecule has 18 heavy (non-hydrogen) atoms. The Kier molecular flexibility index (Phi) is 3.28. The van der Waals surface area contributed by atoms with E-state index in [0.29, 0.717) is 18.4 Å². The largest absolute Gasteiger partial charge is 0.331 e. The van der Waals surface area contributed by atoms with Gasteiger partial charge < -0.3 is 10.2 Å². The molecule has 0 unspecified atom stereocenters. The Morgan fingerprint density at radius 3 is 2.67 bits per heavy atom. The van der Waals surface area contributed by atoms with Gasteiger partial charge in [-0.05, 0) is 12.8 Å². The van der Waals surface area contributed by atoms with Gasteiger partial charge in [0.2, 0.25) is 0 Å². The minimum atomic E-state index is -0.0798. The second-order valence-corrected chi connectivity index (χ2v) is 5.86. The maximum absolute atomic E-state index is 11.8. The standard InChI is InChI=1S/C12H21N5O/c1-12(2,3)10-14-9(15-16-10)7-13-11(18)17(4)8-5-6-8/h8H,5-7H2,1-4H3,(H,13,18)(H,14,15,16). The van der Waals surface area contributed by atoms with Crippen LogP contribution in [0, 0.1) is 0 Å². The normalized spacial score (nSPS) is 15.6. The van der Waals surface area contributed by atoms with Crippen LogP contribution in [-0.2, 0) is 12.0 Å². The van der Waals surface area contributed by atoms with Crippen molar-refractivity contribution in [3.05, 3.63) is 11.6 Å². The minimum Gasteiger partial charge on any atom is -0.331 e. The van der Waals surface area contributed by atoms with Crippen molar-refractivity contribution in [2.45, 2.75) is 51.6 Å². The lowest BCUT2D eigenvalue weighted by Crippen LogP contribution is -2.38. The van der Waals surface area contributed by atoms with E-state index < -0.39 is 0 Å². The van der Waals surface area contributed by atoms with Crippen LogP contribution in [-0.4, -0.2) is 39.2 Å². The number of H-pyrrole nitrogens is 1. The summed E-state index contributed by atoms with van der Waals surface area (Å²) in [7, 11) is 1.83. The van der Waals surface area contributed by atoms with Gasteiger partial charge in [0.1, 0.15) is 5.82 Å². The zero-order chi connectivity index (χ0) is 13.3. The number of nitrogens with zero attached hydrogens (tertiary/aromatic N) is 3. The third kappa shape index (κ3) is 3.00. The van der Waals surface area contributed by atoms with Crippen LogP contribution in [0.4, 0.5) is 4.79 Å². The highest BCUT2D eigenvalue weighted by Gasteiger charge is 2.29. The number of hydrogen-bond donors (Lipinski definition) is 2. The molecule has 0 atom stereocenters. The summed E-state index contributed by atoms with van der Waals surface area (Å²) in [6.07, 6.45) is 2.22. The van der Waals surface area contributed by atoms with Gasteiger partial charge in [-0.3, -0.25) is 5.10 Å². The highest BCUT2D eigenvalue weighted by Crippen LogP contribution is 2.25. The van der Waals surface area contributed by atoms with Crippen molar-refractivity contribution in [3.63, 3.8) is 0 Å². The van der Waals surface area contributed by atoms with Gasteiger partial charge in [-0.25, -0.2) is 9.78 Å². The van der Waals surface area contributed by atoms with Crippen LogP contribution in [0.5, 0.6) is 0 Å². The predicted octanol–water partition coefficient (Wildman–Crippen LogP) is 1.41. The fourth-order valence-corrected chi connectivity index (χ4v) is 1.62. The molecule has 1 aromatic heterocycles. The summed E-state index contributed by atoms with van der Waals surface area (Å²) >= 11 is 0. The maximum Gasteiger partial charge on any atom is 0.317 e. The monoisotopic (exact) mass is 251 g/mol. The van der Waals surface area contributed by atoms with E-state index in [9.17, 15) is 4.79 Å². The van der Waals surface area contributed by atoms with E-state index in [1.807, 2.05) is 7.05 Å². The summed E-state index contributed by atoms with van der Waals surface area (Å²) in [5.41, 5.74) is -0.0798. The van der Waals surface area contributed by atoms with E-state index >= 15 is 0 Å². The molecule has 100 valence electrons. The molecule has 1 saturated carbocycles. The minimum absolute atomic E-state index is 0.0498. The smallest absolute Gasteiger partial charge is 0.317 e. The molecule has 0 spiro atoms. The zero-order valence-corrected chi connectivity index (χ0v) is 11.4. The molecule has 6 heteroatoms. The molecule has 0 radical (unpaired) electrons. The van der Waals surface area contributed by atoms with Crippen LogP contribution in [0.25, 0.3) is 0 Å². The number of amides is 2. The Balaban J connectivity index is 1.86. The molecule has 1 aromatic rings. The first-order chi connectivity index (χ1) is 8.38. The molecule has 0 aromatic carbocycles. The van der Waals surface area contributed by atoms with E-state index in [0.717, 1.165) is 18.7 Å². The lowest BCUT2D eigenvalue weighted by molar-refractivity contribution is 0.206. The van der Waals surface area contributed by atoms with Crippen LogP contribution in [0.2, 0.25) is 0 Å². The fraction of sp³-hybridized carbons (Fsp3) is 0.750. The first-order valence-electron chi connectivity index (χ1n) is 6.30. The van der Waals surface area contributed by atoms with Crippen molar-refractivity contribution >= 4 is 6.03 Å². The van der Waals surface area contributed by atoms with Crippen molar-refractivity contribution in [2.24, 2.45) is 0 Å². The third-order valence-corrected chi connectivity index (χ3v) is 3.02. The summed E-state index contributed by atoms with van der Waals surface area (Å²) < 4.78 is 0. The summed E-state index contributed by atoms with van der Waals surface area (Å²) in [5, 5.41) is 9.85. The van der Waals surface area contributed by atoms with Crippen molar-refractivity contribution in [1.29, 1.82) is 0 Å². The summed E-state index contributed by atoms with van der Waals surface area (Å²) in [6.45, 7) is 6.55. The topological polar surface area (TPSA) is 73.9 Å². The molecule has 1 aliphatic rings. The average Bonchev–Trinajstić information content (AvgIpc) is 3.02. The highest BCUT2D eigenvalue weighted by molar-refractivity contribution is 5.74. The molecule has 2 N–H and O–H groups in total. The number of hydrogen-bond acceptors (Lipinski definition) is 3. The molecular formula is C12H21N5O. The summed E-state index contributed by atoms with van der Waals surface area (Å²) in [6, 6.07) is 0.371. The van der Waals surface area contributed by atoms with Crippen molar-refractivity contribution in [3.8, 4) is 0 Å². The second kappa shape index (κ2) is 4.59. The van der Waals surface area contributed by atoms with Crippen LogP contribution in [0.3, 0.4) is 0 Å². The van der Waals surface area contributed by atoms with E-state index in [4.69, 9.17) is 0 Å². The van der Waals surface area contributed by atoms with Crippen LogP contribution >= 0.6 is 0 Å². The van der Waals surface area contributed by atoms with Crippen LogP contribution in [0.15, 0.2) is 0 Å². The first kappa shape index (κ1) is 12.9. The van der Waals surface area contributed by atoms with Crippen molar-refractivity contribution < 1.29 is 4.79 Å².